The number of halogens is 1. The molecule has 5 heteroatoms. The van der Waals surface area contributed by atoms with Crippen LogP contribution in [0, 0.1) is 6.92 Å². The van der Waals surface area contributed by atoms with Crippen molar-refractivity contribution in [2.75, 3.05) is 13.7 Å². The molecule has 0 aliphatic carbocycles. The lowest BCUT2D eigenvalue weighted by Crippen LogP contribution is -2.33. The van der Waals surface area contributed by atoms with E-state index in [-0.39, 0.29) is 5.91 Å². The first-order chi connectivity index (χ1) is 8.00. The number of hydrogen-bond acceptors (Lipinski definition) is 3. The summed E-state index contributed by atoms with van der Waals surface area (Å²) in [5.41, 5.74) is 0.986. The molecular weight excluding hydrogens is 240 g/mol. The molecule has 1 rings (SSSR count). The Morgan fingerprint density at radius 3 is 2.82 bits per heavy atom. The highest BCUT2D eigenvalue weighted by Crippen LogP contribution is 2.21. The molecule has 2 N–H and O–H groups in total. The molecule has 94 valence electrons. The Labute approximate surface area is 106 Å². The van der Waals surface area contributed by atoms with E-state index in [2.05, 4.69) is 0 Å². The summed E-state index contributed by atoms with van der Waals surface area (Å²) in [7, 11) is 1.53. The highest BCUT2D eigenvalue weighted by Gasteiger charge is 2.05. The second-order valence-electron chi connectivity index (χ2n) is 3.87. The lowest BCUT2D eigenvalue weighted by molar-refractivity contribution is -0.130. The number of rotatable bonds is 5. The van der Waals surface area contributed by atoms with Crippen molar-refractivity contribution in [1.29, 1.82) is 0 Å². The summed E-state index contributed by atoms with van der Waals surface area (Å²) in [5.74, 6) is 6.00. The fraction of sp³-hybridized carbons (Fsp3) is 0.417. The molecule has 0 radical (unpaired) electrons. The first-order valence-electron chi connectivity index (χ1n) is 5.41. The minimum atomic E-state index is -0.0959. The first-order valence-corrected chi connectivity index (χ1v) is 5.78. The average Bonchev–Trinajstić information content (AvgIpc) is 2.26. The quantitative estimate of drug-likeness (QED) is 0.380. The van der Waals surface area contributed by atoms with Gasteiger partial charge in [-0.3, -0.25) is 9.80 Å². The van der Waals surface area contributed by atoms with E-state index in [1.807, 2.05) is 19.1 Å². The fourth-order valence-corrected chi connectivity index (χ4v) is 1.58. The van der Waals surface area contributed by atoms with Crippen LogP contribution in [-0.2, 0) is 4.79 Å². The minimum Gasteiger partial charge on any atom is -0.493 e. The maximum Gasteiger partial charge on any atom is 0.236 e. The zero-order chi connectivity index (χ0) is 12.8. The van der Waals surface area contributed by atoms with Crippen molar-refractivity contribution in [3.8, 4) is 5.75 Å². The summed E-state index contributed by atoms with van der Waals surface area (Å²) < 4.78 is 5.55. The van der Waals surface area contributed by atoms with Crippen molar-refractivity contribution >= 4 is 17.5 Å². The molecule has 0 unspecified atom stereocenters. The molecule has 1 aromatic rings. The van der Waals surface area contributed by atoms with E-state index < -0.39 is 0 Å². The molecular formula is C12H17ClN2O2. The molecule has 0 bridgehead atoms. The normalized spacial score (nSPS) is 10.1. The second kappa shape index (κ2) is 6.47. The Balaban J connectivity index is 2.34. The van der Waals surface area contributed by atoms with Crippen molar-refractivity contribution in [2.24, 2.45) is 5.84 Å². The number of carbonyl (C=O) groups is 1. The van der Waals surface area contributed by atoms with E-state index in [1.165, 1.54) is 7.05 Å². The zero-order valence-electron chi connectivity index (χ0n) is 10.1. The number of hydrazine groups is 1. The Hall–Kier alpha value is -1.26. The molecule has 0 heterocycles. The molecule has 0 atom stereocenters. The zero-order valence-corrected chi connectivity index (χ0v) is 10.8. The lowest BCUT2D eigenvalue weighted by atomic mass is 10.2. The van der Waals surface area contributed by atoms with Gasteiger partial charge in [0, 0.05) is 18.5 Å². The summed E-state index contributed by atoms with van der Waals surface area (Å²) in [6, 6.07) is 5.45. The third-order valence-corrected chi connectivity index (χ3v) is 2.56. The Morgan fingerprint density at radius 1 is 1.53 bits per heavy atom. The second-order valence-corrected chi connectivity index (χ2v) is 4.30. The van der Waals surface area contributed by atoms with E-state index in [9.17, 15) is 4.79 Å². The SMILES string of the molecule is Cc1cc(Cl)ccc1OCCCC(=O)N(C)N. The Bertz CT molecular complexity index is 394. The molecule has 0 aliphatic heterocycles. The summed E-state index contributed by atoms with van der Waals surface area (Å²) in [5, 5.41) is 1.78. The van der Waals surface area contributed by atoms with E-state index in [1.54, 1.807) is 6.07 Å². The van der Waals surface area contributed by atoms with Gasteiger partial charge in [0.25, 0.3) is 0 Å². The standard InChI is InChI=1S/C12H17ClN2O2/c1-9-8-10(13)5-6-11(9)17-7-3-4-12(16)15(2)14/h5-6,8H,3-4,7,14H2,1-2H3. The van der Waals surface area contributed by atoms with Gasteiger partial charge in [0.05, 0.1) is 6.61 Å². The molecule has 0 fully saturated rings. The summed E-state index contributed by atoms with van der Waals surface area (Å²) in [6.07, 6.45) is 1.03. The monoisotopic (exact) mass is 256 g/mol. The van der Waals surface area contributed by atoms with Gasteiger partial charge in [0.2, 0.25) is 5.91 Å². The number of ether oxygens (including phenoxy) is 1. The number of carbonyl (C=O) groups excluding carboxylic acids is 1. The summed E-state index contributed by atoms with van der Waals surface area (Å²) >= 11 is 5.84. The van der Waals surface area contributed by atoms with E-state index in [4.69, 9.17) is 22.2 Å². The van der Waals surface area contributed by atoms with Crippen molar-refractivity contribution < 1.29 is 9.53 Å². The number of benzene rings is 1. The van der Waals surface area contributed by atoms with Gasteiger partial charge < -0.3 is 4.74 Å². The van der Waals surface area contributed by atoms with Gasteiger partial charge in [-0.25, -0.2) is 5.84 Å². The van der Waals surface area contributed by atoms with Gasteiger partial charge in [0.1, 0.15) is 5.75 Å². The predicted molar refractivity (Wildman–Crippen MR) is 67.9 cm³/mol. The number of nitrogens with two attached hydrogens (primary N) is 1. The molecule has 0 aromatic heterocycles. The van der Waals surface area contributed by atoms with Crippen molar-refractivity contribution in [1.82, 2.24) is 5.01 Å². The molecule has 0 saturated carbocycles. The van der Waals surface area contributed by atoms with E-state index >= 15 is 0 Å². The van der Waals surface area contributed by atoms with Crippen LogP contribution in [0.25, 0.3) is 0 Å². The van der Waals surface area contributed by atoms with Crippen LogP contribution in [0.15, 0.2) is 18.2 Å². The van der Waals surface area contributed by atoms with Crippen LogP contribution in [0.1, 0.15) is 18.4 Å². The van der Waals surface area contributed by atoms with Gasteiger partial charge >= 0.3 is 0 Å². The van der Waals surface area contributed by atoms with Gasteiger partial charge in [-0.15, -0.1) is 0 Å². The van der Waals surface area contributed by atoms with Crippen LogP contribution < -0.4 is 10.6 Å². The largest absolute Gasteiger partial charge is 0.493 e. The highest BCUT2D eigenvalue weighted by atomic mass is 35.5. The molecule has 17 heavy (non-hydrogen) atoms. The average molecular weight is 257 g/mol. The number of aryl methyl sites for hydroxylation is 1. The Kier molecular flexibility index (Phi) is 5.25. The number of nitrogens with zero attached hydrogens (tertiary/aromatic N) is 1. The maximum atomic E-state index is 11.2. The molecule has 4 nitrogen and oxygen atoms in total. The molecule has 0 saturated heterocycles. The molecule has 0 spiro atoms. The number of amides is 1. The summed E-state index contributed by atoms with van der Waals surface area (Å²) in [4.78, 5) is 11.2. The van der Waals surface area contributed by atoms with Gasteiger partial charge in [-0.2, -0.15) is 0 Å². The van der Waals surface area contributed by atoms with Gasteiger partial charge in [-0.05, 0) is 37.1 Å². The smallest absolute Gasteiger partial charge is 0.236 e. The first kappa shape index (κ1) is 13.8. The van der Waals surface area contributed by atoms with Crippen molar-refractivity contribution in [3.05, 3.63) is 28.8 Å². The number of hydrogen-bond donors (Lipinski definition) is 1. The molecule has 1 aromatic carbocycles. The van der Waals surface area contributed by atoms with E-state index in [0.29, 0.717) is 24.5 Å². The van der Waals surface area contributed by atoms with Crippen LogP contribution in [0.3, 0.4) is 0 Å². The van der Waals surface area contributed by atoms with Gasteiger partial charge in [-0.1, -0.05) is 11.6 Å². The van der Waals surface area contributed by atoms with Crippen LogP contribution in [0.5, 0.6) is 5.75 Å². The molecule has 0 aliphatic rings. The van der Waals surface area contributed by atoms with Crippen molar-refractivity contribution in [3.63, 3.8) is 0 Å². The van der Waals surface area contributed by atoms with Crippen LogP contribution >= 0.6 is 11.6 Å². The van der Waals surface area contributed by atoms with Crippen LogP contribution in [0.2, 0.25) is 5.02 Å². The maximum absolute atomic E-state index is 11.2. The van der Waals surface area contributed by atoms with E-state index in [0.717, 1.165) is 16.3 Å². The van der Waals surface area contributed by atoms with Crippen molar-refractivity contribution in [2.45, 2.75) is 19.8 Å². The third kappa shape index (κ3) is 4.63. The van der Waals surface area contributed by atoms with Crippen LogP contribution in [0.4, 0.5) is 0 Å². The lowest BCUT2D eigenvalue weighted by Gasteiger charge is -2.11. The third-order valence-electron chi connectivity index (χ3n) is 2.32. The minimum absolute atomic E-state index is 0.0959. The van der Waals surface area contributed by atoms with Gasteiger partial charge in [0.15, 0.2) is 0 Å². The Morgan fingerprint density at radius 2 is 2.24 bits per heavy atom. The summed E-state index contributed by atoms with van der Waals surface area (Å²) in [6.45, 7) is 2.42. The fourth-order valence-electron chi connectivity index (χ4n) is 1.36. The predicted octanol–water partition coefficient (Wildman–Crippen LogP) is 2.14. The van der Waals surface area contributed by atoms with Crippen LogP contribution in [-0.4, -0.2) is 24.6 Å². The topological polar surface area (TPSA) is 55.6 Å². The highest BCUT2D eigenvalue weighted by molar-refractivity contribution is 6.30. The molecule has 1 amide bonds.